The number of halogens is 1. The van der Waals surface area contributed by atoms with Gasteiger partial charge < -0.3 is 29.6 Å². The van der Waals surface area contributed by atoms with Crippen LogP contribution < -0.4 is 20.3 Å². The zero-order valence-corrected chi connectivity index (χ0v) is 27.9. The number of hydrogen-bond donors (Lipinski definition) is 2. The van der Waals surface area contributed by atoms with E-state index >= 15 is 0 Å². The van der Waals surface area contributed by atoms with Crippen LogP contribution in [0.25, 0.3) is 10.8 Å². The zero-order chi connectivity index (χ0) is 33.9. The topological polar surface area (TPSA) is 119 Å². The van der Waals surface area contributed by atoms with Gasteiger partial charge in [-0.05, 0) is 55.5 Å². The third kappa shape index (κ3) is 7.94. The number of nitrogens with one attached hydrogen (secondary N) is 2. The van der Waals surface area contributed by atoms with Gasteiger partial charge in [0.25, 0.3) is 0 Å². The Morgan fingerprint density at radius 1 is 0.936 bits per heavy atom. The smallest absolute Gasteiger partial charge is 0.355 e. The maximum absolute atomic E-state index is 13.7. The van der Waals surface area contributed by atoms with E-state index in [1.807, 2.05) is 54.6 Å². The van der Waals surface area contributed by atoms with Crippen LogP contribution in [0.5, 0.6) is 5.75 Å². The first-order valence-corrected chi connectivity index (χ1v) is 16.0. The minimum Gasteiger partial charge on any atom is -0.488 e. The molecule has 1 unspecified atom stereocenters. The van der Waals surface area contributed by atoms with E-state index in [-0.39, 0.29) is 42.4 Å². The van der Waals surface area contributed by atoms with Crippen molar-refractivity contribution in [2.45, 2.75) is 58.7 Å². The monoisotopic (exact) mass is 658 g/mol. The number of carbonyl (C=O) groups is 4. The molecule has 0 bridgehead atoms. The fraction of sp³-hybridized carbons (Fsp3) is 0.333. The molecule has 1 aromatic heterocycles. The lowest BCUT2D eigenvalue weighted by Crippen LogP contribution is -2.30. The first-order chi connectivity index (χ1) is 22.3. The number of rotatable bonds is 10. The number of carbonyl (C=O) groups excluding carboxylic acids is 4. The molecular weight excluding hydrogens is 620 g/mol. The van der Waals surface area contributed by atoms with Crippen LogP contribution in [0.2, 0.25) is 0 Å². The Bertz CT molecular complexity index is 1830. The molecular formula is C36H39ClN4O6. The molecule has 0 saturated heterocycles. The van der Waals surface area contributed by atoms with Crippen LogP contribution in [0.3, 0.4) is 0 Å². The molecule has 3 aromatic carbocycles. The maximum Gasteiger partial charge on any atom is 0.355 e. The number of hydrogen-bond acceptors (Lipinski definition) is 6. The molecule has 5 rings (SSSR count). The average Bonchev–Trinajstić information content (AvgIpc) is 3.57. The molecule has 246 valence electrons. The number of nitrogens with zero attached hydrogens (tertiary/aromatic N) is 2. The molecule has 0 fully saturated rings. The van der Waals surface area contributed by atoms with Crippen LogP contribution in [0.4, 0.5) is 17.1 Å². The summed E-state index contributed by atoms with van der Waals surface area (Å²) in [5.74, 6) is -0.556. The second kappa shape index (κ2) is 13.9. The normalized spacial score (nSPS) is 14.1. The van der Waals surface area contributed by atoms with E-state index in [1.54, 1.807) is 49.5 Å². The van der Waals surface area contributed by atoms with Crippen molar-refractivity contribution in [2.75, 3.05) is 28.0 Å². The highest BCUT2D eigenvalue weighted by Crippen LogP contribution is 2.46. The largest absolute Gasteiger partial charge is 0.488 e. The Kier molecular flexibility index (Phi) is 9.91. The Morgan fingerprint density at radius 2 is 1.68 bits per heavy atom. The van der Waals surface area contributed by atoms with E-state index < -0.39 is 11.6 Å². The predicted octanol–water partition coefficient (Wildman–Crippen LogP) is 6.76. The van der Waals surface area contributed by atoms with Crippen LogP contribution in [0, 0.1) is 0 Å². The van der Waals surface area contributed by atoms with E-state index in [0.29, 0.717) is 41.7 Å². The third-order valence-corrected chi connectivity index (χ3v) is 8.10. The lowest BCUT2D eigenvalue weighted by molar-refractivity contribution is -0.122. The fourth-order valence-corrected chi connectivity index (χ4v) is 5.96. The Labute approximate surface area is 279 Å². The lowest BCUT2D eigenvalue weighted by Gasteiger charge is -2.20. The summed E-state index contributed by atoms with van der Waals surface area (Å²) in [7, 11) is 1.69. The number of aryl methyl sites for hydroxylation is 1. The molecule has 1 aliphatic heterocycles. The molecule has 10 nitrogen and oxygen atoms in total. The number of amides is 3. The third-order valence-electron chi connectivity index (χ3n) is 7.73. The van der Waals surface area contributed by atoms with Gasteiger partial charge in [0.2, 0.25) is 17.7 Å². The van der Waals surface area contributed by atoms with Crippen LogP contribution in [0.15, 0.2) is 66.9 Å². The summed E-state index contributed by atoms with van der Waals surface area (Å²) in [5.41, 5.74) is 3.30. The second-order valence-electron chi connectivity index (χ2n) is 12.7. The molecule has 2 heterocycles. The fourth-order valence-electron chi connectivity index (χ4n) is 5.71. The summed E-state index contributed by atoms with van der Waals surface area (Å²) >= 11 is 6.45. The van der Waals surface area contributed by atoms with E-state index in [4.69, 9.17) is 21.1 Å². The Morgan fingerprint density at radius 3 is 2.36 bits per heavy atom. The molecule has 4 aromatic rings. The number of benzene rings is 3. The van der Waals surface area contributed by atoms with E-state index in [9.17, 15) is 19.2 Å². The summed E-state index contributed by atoms with van der Waals surface area (Å²) in [4.78, 5) is 52.6. The first kappa shape index (κ1) is 33.5. The van der Waals surface area contributed by atoms with Gasteiger partial charge in [-0.2, -0.15) is 0 Å². The maximum atomic E-state index is 13.7. The Hall–Kier alpha value is -4.83. The number of esters is 1. The van der Waals surface area contributed by atoms with E-state index in [2.05, 4.69) is 10.6 Å². The molecule has 0 aliphatic carbocycles. The van der Waals surface area contributed by atoms with Crippen LogP contribution in [0.1, 0.15) is 68.1 Å². The van der Waals surface area contributed by atoms with E-state index in [1.165, 1.54) is 6.92 Å². The minimum atomic E-state index is -0.654. The highest BCUT2D eigenvalue weighted by Gasteiger charge is 2.35. The van der Waals surface area contributed by atoms with Gasteiger partial charge in [-0.3, -0.25) is 14.4 Å². The Balaban J connectivity index is 1.36. The van der Waals surface area contributed by atoms with Crippen LogP contribution >= 0.6 is 11.6 Å². The highest BCUT2D eigenvalue weighted by atomic mass is 35.5. The summed E-state index contributed by atoms with van der Waals surface area (Å²) in [6.07, 6.45) is 1.53. The first-order valence-electron chi connectivity index (χ1n) is 15.4. The number of alkyl halides is 1. The molecule has 1 atom stereocenters. The van der Waals surface area contributed by atoms with Gasteiger partial charge in [0, 0.05) is 68.5 Å². The van der Waals surface area contributed by atoms with Gasteiger partial charge in [0.15, 0.2) is 0 Å². The van der Waals surface area contributed by atoms with Gasteiger partial charge >= 0.3 is 5.97 Å². The molecule has 1 aliphatic rings. The summed E-state index contributed by atoms with van der Waals surface area (Å²) in [6.45, 7) is 7.48. The number of aromatic nitrogens is 1. The number of anilines is 3. The van der Waals surface area contributed by atoms with Crippen molar-refractivity contribution in [3.8, 4) is 5.75 Å². The summed E-state index contributed by atoms with van der Waals surface area (Å²) in [6, 6.07) is 18.8. The lowest BCUT2D eigenvalue weighted by atomic mass is 9.95. The van der Waals surface area contributed by atoms with Gasteiger partial charge in [-0.15, -0.1) is 11.6 Å². The van der Waals surface area contributed by atoms with Crippen molar-refractivity contribution >= 4 is 63.1 Å². The van der Waals surface area contributed by atoms with Crippen molar-refractivity contribution in [3.05, 3.63) is 83.7 Å². The molecule has 2 N–H and O–H groups in total. The van der Waals surface area contributed by atoms with Crippen molar-refractivity contribution < 1.29 is 28.7 Å². The second-order valence-corrected chi connectivity index (χ2v) is 13.0. The van der Waals surface area contributed by atoms with Gasteiger partial charge in [0.05, 0.1) is 11.4 Å². The van der Waals surface area contributed by atoms with Crippen molar-refractivity contribution in [3.63, 3.8) is 0 Å². The van der Waals surface area contributed by atoms with Gasteiger partial charge in [-0.1, -0.05) is 36.4 Å². The molecule has 47 heavy (non-hydrogen) atoms. The highest BCUT2D eigenvalue weighted by molar-refractivity contribution is 6.19. The standard InChI is InChI=1S/C36H39ClN4O6/c1-22(42)38-25-11-12-27-28(15-25)31(46-21-23-9-7-6-8-10-23)17-29-34(27)24(18-37)19-41(29)33(44)14-13-32(43)39-26-16-30(40(5)20-26)35(45)47-36(2,3)4/h6-12,15-17,20,24H,13-14,18-19,21H2,1-5H3,(H,38,42)(H,39,43). The van der Waals surface area contributed by atoms with Crippen molar-refractivity contribution in [1.82, 2.24) is 4.57 Å². The molecule has 0 saturated carbocycles. The zero-order valence-electron chi connectivity index (χ0n) is 27.2. The SMILES string of the molecule is CC(=O)Nc1ccc2c3c(cc(OCc4ccccc4)c2c1)N(C(=O)CCC(=O)Nc1cc(C(=O)OC(C)(C)C)n(C)c1)CC3CCl. The molecule has 11 heteroatoms. The van der Waals surface area contributed by atoms with Crippen LogP contribution in [-0.4, -0.2) is 46.3 Å². The minimum absolute atomic E-state index is 0.0360. The summed E-state index contributed by atoms with van der Waals surface area (Å²) < 4.78 is 13.4. The number of fused-ring (bicyclic) bond motifs is 3. The average molecular weight is 659 g/mol. The van der Waals surface area contributed by atoms with E-state index in [0.717, 1.165) is 21.9 Å². The van der Waals surface area contributed by atoms with Crippen LogP contribution in [-0.2, 0) is 32.8 Å². The quantitative estimate of drug-likeness (QED) is 0.144. The predicted molar refractivity (Wildman–Crippen MR) is 183 cm³/mol. The van der Waals surface area contributed by atoms with Crippen molar-refractivity contribution in [2.24, 2.45) is 7.05 Å². The number of ether oxygens (including phenoxy) is 2. The molecule has 3 amide bonds. The molecule has 0 spiro atoms. The summed E-state index contributed by atoms with van der Waals surface area (Å²) in [5, 5.41) is 7.29. The van der Waals surface area contributed by atoms with Gasteiger partial charge in [0.1, 0.15) is 23.7 Å². The van der Waals surface area contributed by atoms with Crippen molar-refractivity contribution in [1.29, 1.82) is 0 Å². The molecule has 0 radical (unpaired) electrons. The van der Waals surface area contributed by atoms with Gasteiger partial charge in [-0.25, -0.2) is 4.79 Å².